The molecule has 1 aromatic heterocycles. The molecule has 0 saturated carbocycles. The van der Waals surface area contributed by atoms with Gasteiger partial charge in [0, 0.05) is 18.0 Å². The molecule has 1 aliphatic heterocycles. The van der Waals surface area contributed by atoms with Crippen molar-refractivity contribution in [1.29, 1.82) is 0 Å². The van der Waals surface area contributed by atoms with Crippen molar-refractivity contribution in [2.75, 3.05) is 32.8 Å². The first-order valence-corrected chi connectivity index (χ1v) is 8.48. The summed E-state index contributed by atoms with van der Waals surface area (Å²) in [6.07, 6.45) is 2.44. The van der Waals surface area contributed by atoms with E-state index in [1.807, 2.05) is 0 Å². The standard InChI is InChI=1S/C15H25N3O2S/c1-12-4-7-18(8-5-12)13(14-3-2-10-21-14)11-17-15(20)16-6-9-19/h2-3,10,12-13,19H,4-9,11H2,1H3,(H2,16,17,20). The summed E-state index contributed by atoms with van der Waals surface area (Å²) in [6, 6.07) is 4.24. The monoisotopic (exact) mass is 311 g/mol. The van der Waals surface area contributed by atoms with Gasteiger partial charge in [-0.25, -0.2) is 4.79 Å². The van der Waals surface area contributed by atoms with E-state index in [2.05, 4.69) is 40.0 Å². The van der Waals surface area contributed by atoms with Crippen LogP contribution in [-0.2, 0) is 0 Å². The molecule has 0 spiro atoms. The van der Waals surface area contributed by atoms with E-state index in [0.717, 1.165) is 19.0 Å². The van der Waals surface area contributed by atoms with Gasteiger partial charge >= 0.3 is 6.03 Å². The molecule has 1 fully saturated rings. The molecule has 2 heterocycles. The molecular weight excluding hydrogens is 286 g/mol. The molecule has 0 aromatic carbocycles. The Morgan fingerprint density at radius 2 is 2.24 bits per heavy atom. The highest BCUT2D eigenvalue weighted by atomic mass is 32.1. The van der Waals surface area contributed by atoms with Crippen LogP contribution in [0.5, 0.6) is 0 Å². The molecule has 1 unspecified atom stereocenters. The van der Waals surface area contributed by atoms with E-state index in [1.165, 1.54) is 17.7 Å². The van der Waals surface area contributed by atoms with Gasteiger partial charge in [-0.2, -0.15) is 0 Å². The maximum atomic E-state index is 11.7. The SMILES string of the molecule is CC1CCN(C(CNC(=O)NCCO)c2cccs2)CC1. The van der Waals surface area contributed by atoms with E-state index < -0.39 is 0 Å². The second-order valence-corrected chi connectivity index (χ2v) is 6.59. The van der Waals surface area contributed by atoms with E-state index in [1.54, 1.807) is 11.3 Å². The van der Waals surface area contributed by atoms with Crippen molar-refractivity contribution in [3.05, 3.63) is 22.4 Å². The predicted molar refractivity (Wildman–Crippen MR) is 85.5 cm³/mol. The van der Waals surface area contributed by atoms with E-state index in [9.17, 15) is 4.79 Å². The second-order valence-electron chi connectivity index (χ2n) is 5.61. The van der Waals surface area contributed by atoms with Crippen LogP contribution in [0.15, 0.2) is 17.5 Å². The molecule has 1 aliphatic rings. The smallest absolute Gasteiger partial charge is 0.314 e. The number of thiophene rings is 1. The molecule has 2 amide bonds. The Kier molecular flexibility index (Phi) is 6.48. The number of carbonyl (C=O) groups excluding carboxylic acids is 1. The summed E-state index contributed by atoms with van der Waals surface area (Å²) in [5.74, 6) is 0.797. The van der Waals surface area contributed by atoms with Crippen molar-refractivity contribution in [2.24, 2.45) is 5.92 Å². The summed E-state index contributed by atoms with van der Waals surface area (Å²) in [5.41, 5.74) is 0. The summed E-state index contributed by atoms with van der Waals surface area (Å²) in [4.78, 5) is 15.4. The fourth-order valence-electron chi connectivity index (χ4n) is 2.65. The second kappa shape index (κ2) is 8.36. The molecule has 0 aliphatic carbocycles. The number of amides is 2. The summed E-state index contributed by atoms with van der Waals surface area (Å²) in [6.45, 7) is 5.33. The van der Waals surface area contributed by atoms with Gasteiger partial charge in [-0.1, -0.05) is 13.0 Å². The minimum Gasteiger partial charge on any atom is -0.395 e. The number of nitrogens with zero attached hydrogens (tertiary/aromatic N) is 1. The lowest BCUT2D eigenvalue weighted by molar-refractivity contribution is 0.138. The van der Waals surface area contributed by atoms with Crippen LogP contribution in [0.1, 0.15) is 30.7 Å². The normalized spacial score (nSPS) is 18.4. The van der Waals surface area contributed by atoms with Gasteiger partial charge in [0.15, 0.2) is 0 Å². The maximum Gasteiger partial charge on any atom is 0.314 e. The lowest BCUT2D eigenvalue weighted by atomic mass is 9.97. The first-order valence-electron chi connectivity index (χ1n) is 7.60. The number of urea groups is 1. The number of likely N-dealkylation sites (tertiary alicyclic amines) is 1. The quantitative estimate of drug-likeness (QED) is 0.751. The first kappa shape index (κ1) is 16.3. The number of carbonyl (C=O) groups is 1. The van der Waals surface area contributed by atoms with Crippen molar-refractivity contribution in [1.82, 2.24) is 15.5 Å². The van der Waals surface area contributed by atoms with Gasteiger partial charge in [0.1, 0.15) is 0 Å². The fraction of sp³-hybridized carbons (Fsp3) is 0.667. The van der Waals surface area contributed by atoms with Crippen LogP contribution >= 0.6 is 11.3 Å². The average molecular weight is 311 g/mol. The van der Waals surface area contributed by atoms with Crippen LogP contribution in [-0.4, -0.2) is 48.8 Å². The Morgan fingerprint density at radius 1 is 1.48 bits per heavy atom. The molecule has 0 radical (unpaired) electrons. The topological polar surface area (TPSA) is 64.6 Å². The largest absolute Gasteiger partial charge is 0.395 e. The van der Waals surface area contributed by atoms with Gasteiger partial charge in [-0.3, -0.25) is 4.90 Å². The van der Waals surface area contributed by atoms with Crippen LogP contribution in [0.3, 0.4) is 0 Å². The van der Waals surface area contributed by atoms with E-state index in [0.29, 0.717) is 6.54 Å². The Labute approximate surface area is 130 Å². The van der Waals surface area contributed by atoms with Crippen molar-refractivity contribution in [3.63, 3.8) is 0 Å². The lowest BCUT2D eigenvalue weighted by Crippen LogP contribution is -2.44. The summed E-state index contributed by atoms with van der Waals surface area (Å²) < 4.78 is 0. The van der Waals surface area contributed by atoms with Gasteiger partial charge in [0.2, 0.25) is 0 Å². The average Bonchev–Trinajstić information content (AvgIpc) is 3.01. The molecule has 6 heteroatoms. The molecule has 1 aromatic rings. The molecule has 2 rings (SSSR count). The predicted octanol–water partition coefficient (Wildman–Crippen LogP) is 1.81. The molecule has 1 atom stereocenters. The Balaban J connectivity index is 1.92. The number of hydrogen-bond donors (Lipinski definition) is 3. The molecule has 21 heavy (non-hydrogen) atoms. The zero-order chi connectivity index (χ0) is 15.1. The number of piperidine rings is 1. The Morgan fingerprint density at radius 3 is 2.86 bits per heavy atom. The van der Waals surface area contributed by atoms with Gasteiger partial charge in [-0.05, 0) is 43.3 Å². The zero-order valence-corrected chi connectivity index (χ0v) is 13.4. The van der Waals surface area contributed by atoms with Crippen molar-refractivity contribution in [3.8, 4) is 0 Å². The highest BCUT2D eigenvalue weighted by Gasteiger charge is 2.25. The summed E-state index contributed by atoms with van der Waals surface area (Å²) in [7, 11) is 0. The number of aliphatic hydroxyl groups excluding tert-OH is 1. The molecule has 118 valence electrons. The first-order chi connectivity index (χ1) is 10.2. The van der Waals surface area contributed by atoms with Crippen LogP contribution < -0.4 is 10.6 Å². The van der Waals surface area contributed by atoms with Crippen LogP contribution in [0.4, 0.5) is 4.79 Å². The zero-order valence-electron chi connectivity index (χ0n) is 12.5. The van der Waals surface area contributed by atoms with Crippen LogP contribution in [0.25, 0.3) is 0 Å². The van der Waals surface area contributed by atoms with Crippen LogP contribution in [0, 0.1) is 5.92 Å². The van der Waals surface area contributed by atoms with Gasteiger partial charge in [0.25, 0.3) is 0 Å². The van der Waals surface area contributed by atoms with E-state index >= 15 is 0 Å². The molecule has 0 bridgehead atoms. The molecule has 5 nitrogen and oxygen atoms in total. The number of nitrogens with one attached hydrogen (secondary N) is 2. The van der Waals surface area contributed by atoms with Crippen molar-refractivity contribution in [2.45, 2.75) is 25.8 Å². The third-order valence-electron chi connectivity index (χ3n) is 3.98. The van der Waals surface area contributed by atoms with Gasteiger partial charge in [0.05, 0.1) is 12.6 Å². The molecular formula is C15H25N3O2S. The summed E-state index contributed by atoms with van der Waals surface area (Å²) in [5, 5.41) is 16.4. The third-order valence-corrected chi connectivity index (χ3v) is 4.96. The Bertz CT molecular complexity index is 417. The highest BCUT2D eigenvalue weighted by molar-refractivity contribution is 7.10. The number of hydrogen-bond acceptors (Lipinski definition) is 4. The van der Waals surface area contributed by atoms with Crippen molar-refractivity contribution < 1.29 is 9.90 Å². The van der Waals surface area contributed by atoms with Gasteiger partial charge in [-0.15, -0.1) is 11.3 Å². The highest BCUT2D eigenvalue weighted by Crippen LogP contribution is 2.28. The lowest BCUT2D eigenvalue weighted by Gasteiger charge is -2.36. The minimum atomic E-state index is -0.212. The third kappa shape index (κ3) is 4.98. The fourth-order valence-corrected chi connectivity index (χ4v) is 3.51. The van der Waals surface area contributed by atoms with Crippen LogP contribution in [0.2, 0.25) is 0 Å². The maximum absolute atomic E-state index is 11.7. The number of aliphatic hydroxyl groups is 1. The van der Waals surface area contributed by atoms with Gasteiger partial charge < -0.3 is 15.7 Å². The Hall–Kier alpha value is -1.11. The molecule has 1 saturated heterocycles. The summed E-state index contributed by atoms with van der Waals surface area (Å²) >= 11 is 1.74. The molecule has 3 N–H and O–H groups in total. The number of rotatable bonds is 6. The minimum absolute atomic E-state index is 0.0359. The van der Waals surface area contributed by atoms with Crippen molar-refractivity contribution >= 4 is 17.4 Å². The van der Waals surface area contributed by atoms with E-state index in [4.69, 9.17) is 5.11 Å². The van der Waals surface area contributed by atoms with E-state index in [-0.39, 0.29) is 25.2 Å².